The van der Waals surface area contributed by atoms with Crippen LogP contribution in [0.15, 0.2) is 47.5 Å². The number of hydrogen-bond donors (Lipinski definition) is 0. The van der Waals surface area contributed by atoms with Crippen LogP contribution in [0.3, 0.4) is 0 Å². The van der Waals surface area contributed by atoms with Crippen molar-refractivity contribution in [1.29, 1.82) is 0 Å². The highest BCUT2D eigenvalue weighted by atomic mass is 16.7. The van der Waals surface area contributed by atoms with Gasteiger partial charge in [0, 0.05) is 35.1 Å². The molecule has 0 unspecified atom stereocenters. The fraction of sp³-hybridized carbons (Fsp3) is 0.433. The molecule has 2 aromatic carbocycles. The number of carbonyl (C=O) groups is 1. The van der Waals surface area contributed by atoms with Gasteiger partial charge in [-0.15, -0.1) is 0 Å². The van der Waals surface area contributed by atoms with E-state index < -0.39 is 18.4 Å². The first-order chi connectivity index (χ1) is 19.1. The number of hydrogen-bond acceptors (Lipinski definition) is 9. The van der Waals surface area contributed by atoms with Crippen molar-refractivity contribution < 1.29 is 42.7 Å². The minimum Gasteiger partial charge on any atom is -0.497 e. The SMILES string of the molecule is COc1ccc(C2OCCO2)c(/C=C2\CC3(C/C(=C\c4cc(OC)ccc4C4OCCO4)C2=O)OCCO3)c1. The maximum atomic E-state index is 14.0. The quantitative estimate of drug-likeness (QED) is 0.499. The molecule has 3 aliphatic heterocycles. The van der Waals surface area contributed by atoms with Gasteiger partial charge in [0.25, 0.3) is 0 Å². The molecule has 1 aliphatic carbocycles. The summed E-state index contributed by atoms with van der Waals surface area (Å²) in [5.41, 5.74) is 4.37. The van der Waals surface area contributed by atoms with Crippen LogP contribution < -0.4 is 9.47 Å². The number of methoxy groups -OCH3 is 2. The Morgan fingerprint density at radius 3 is 1.54 bits per heavy atom. The van der Waals surface area contributed by atoms with Gasteiger partial charge < -0.3 is 37.9 Å². The predicted molar refractivity (Wildman–Crippen MR) is 140 cm³/mol. The Kier molecular flexibility index (Phi) is 7.53. The number of ketones is 1. The second kappa shape index (κ2) is 11.2. The molecule has 0 bridgehead atoms. The minimum absolute atomic E-state index is 0.0798. The van der Waals surface area contributed by atoms with E-state index in [0.717, 1.165) is 22.3 Å². The van der Waals surface area contributed by atoms with Crippen LogP contribution in [0.4, 0.5) is 0 Å². The summed E-state index contributed by atoms with van der Waals surface area (Å²) in [4.78, 5) is 14.0. The Bertz CT molecular complexity index is 1190. The molecule has 0 aromatic heterocycles. The van der Waals surface area contributed by atoms with Crippen molar-refractivity contribution in [3.8, 4) is 11.5 Å². The molecule has 206 valence electrons. The van der Waals surface area contributed by atoms with Crippen LogP contribution in [0, 0.1) is 0 Å². The third-order valence-corrected chi connectivity index (χ3v) is 7.32. The topological polar surface area (TPSA) is 90.9 Å². The van der Waals surface area contributed by atoms with Crippen molar-refractivity contribution in [3.63, 3.8) is 0 Å². The Morgan fingerprint density at radius 1 is 0.692 bits per heavy atom. The number of benzene rings is 2. The lowest BCUT2D eigenvalue weighted by Crippen LogP contribution is -2.38. The maximum absolute atomic E-state index is 14.0. The molecule has 2 aromatic rings. The van der Waals surface area contributed by atoms with E-state index in [1.54, 1.807) is 14.2 Å². The highest BCUT2D eigenvalue weighted by Crippen LogP contribution is 2.42. The summed E-state index contributed by atoms with van der Waals surface area (Å²) in [6.07, 6.45) is 3.39. The molecule has 0 amide bonds. The summed E-state index contributed by atoms with van der Waals surface area (Å²) in [5, 5.41) is 0. The maximum Gasteiger partial charge on any atom is 0.185 e. The Morgan fingerprint density at radius 2 is 1.13 bits per heavy atom. The summed E-state index contributed by atoms with van der Waals surface area (Å²) >= 11 is 0. The summed E-state index contributed by atoms with van der Waals surface area (Å²) in [6.45, 7) is 3.00. The zero-order valence-corrected chi connectivity index (χ0v) is 22.1. The van der Waals surface area contributed by atoms with E-state index in [0.29, 0.717) is 75.1 Å². The van der Waals surface area contributed by atoms with Crippen molar-refractivity contribution in [2.24, 2.45) is 0 Å². The molecule has 6 rings (SSSR count). The first-order valence-corrected chi connectivity index (χ1v) is 13.1. The minimum atomic E-state index is -0.912. The van der Waals surface area contributed by atoms with E-state index in [-0.39, 0.29) is 5.78 Å². The monoisotopic (exact) mass is 536 g/mol. The number of rotatable bonds is 6. The van der Waals surface area contributed by atoms with E-state index in [1.165, 1.54) is 0 Å². The molecule has 39 heavy (non-hydrogen) atoms. The van der Waals surface area contributed by atoms with Gasteiger partial charge in [0.2, 0.25) is 0 Å². The zero-order valence-electron chi connectivity index (χ0n) is 22.1. The van der Waals surface area contributed by atoms with Crippen molar-refractivity contribution in [2.45, 2.75) is 31.2 Å². The fourth-order valence-corrected chi connectivity index (χ4v) is 5.43. The van der Waals surface area contributed by atoms with Crippen molar-refractivity contribution in [1.82, 2.24) is 0 Å². The van der Waals surface area contributed by atoms with Crippen LogP contribution >= 0.6 is 0 Å². The van der Waals surface area contributed by atoms with Gasteiger partial charge in [-0.1, -0.05) is 0 Å². The van der Waals surface area contributed by atoms with Gasteiger partial charge in [-0.25, -0.2) is 0 Å². The molecular formula is C30H32O9. The standard InChI is InChI=1S/C30H32O9/c1-32-23-3-5-25(28-34-7-8-35-28)19(15-23)13-21-17-30(38-11-12-39-30)18-22(27(21)31)14-20-16-24(33-2)4-6-26(20)29-36-9-10-37-29/h3-6,13-16,28-29H,7-12,17-18H2,1-2H3/b21-13+,22-14+. The van der Waals surface area contributed by atoms with E-state index in [9.17, 15) is 4.79 Å². The molecule has 4 fully saturated rings. The fourth-order valence-electron chi connectivity index (χ4n) is 5.43. The molecule has 9 nitrogen and oxygen atoms in total. The number of ether oxygens (including phenoxy) is 8. The van der Waals surface area contributed by atoms with E-state index in [2.05, 4.69) is 0 Å². The van der Waals surface area contributed by atoms with Crippen molar-refractivity contribution in [3.05, 3.63) is 69.8 Å². The van der Waals surface area contributed by atoms with Gasteiger partial charge >= 0.3 is 0 Å². The second-order valence-corrected chi connectivity index (χ2v) is 9.77. The van der Waals surface area contributed by atoms with Gasteiger partial charge in [-0.2, -0.15) is 0 Å². The van der Waals surface area contributed by atoms with Gasteiger partial charge in [0.15, 0.2) is 24.2 Å². The van der Waals surface area contributed by atoms with Gasteiger partial charge in [0.1, 0.15) is 11.5 Å². The van der Waals surface area contributed by atoms with Crippen LogP contribution in [-0.4, -0.2) is 65.4 Å². The average Bonchev–Trinajstić information content (AvgIpc) is 3.75. The van der Waals surface area contributed by atoms with Crippen molar-refractivity contribution in [2.75, 3.05) is 53.9 Å². The van der Waals surface area contributed by atoms with Crippen LogP contribution in [0.25, 0.3) is 12.2 Å². The summed E-state index contributed by atoms with van der Waals surface area (Å²) < 4.78 is 46.3. The van der Waals surface area contributed by atoms with Crippen LogP contribution in [0.5, 0.6) is 11.5 Å². The van der Waals surface area contributed by atoms with Gasteiger partial charge in [-0.3, -0.25) is 4.79 Å². The summed E-state index contributed by atoms with van der Waals surface area (Å²) in [7, 11) is 3.22. The first kappa shape index (κ1) is 26.2. The van der Waals surface area contributed by atoms with Gasteiger partial charge in [0.05, 0.1) is 53.9 Å². The number of Topliss-reactive ketones (excluding diaryl/α,β-unsaturated/α-hetero) is 1. The predicted octanol–water partition coefficient (Wildman–Crippen LogP) is 4.37. The summed E-state index contributed by atoms with van der Waals surface area (Å²) in [6, 6.07) is 11.3. The lowest BCUT2D eigenvalue weighted by Gasteiger charge is -2.34. The molecule has 0 radical (unpaired) electrons. The molecule has 4 aliphatic rings. The summed E-state index contributed by atoms with van der Waals surface area (Å²) in [5.74, 6) is 0.347. The van der Waals surface area contributed by atoms with Crippen LogP contribution in [-0.2, 0) is 33.2 Å². The molecular weight excluding hydrogens is 504 g/mol. The highest BCUT2D eigenvalue weighted by Gasteiger charge is 2.45. The largest absolute Gasteiger partial charge is 0.497 e. The molecule has 9 heteroatoms. The van der Waals surface area contributed by atoms with Crippen molar-refractivity contribution >= 4 is 17.9 Å². The first-order valence-electron chi connectivity index (χ1n) is 13.1. The van der Waals surface area contributed by atoms with E-state index in [4.69, 9.17) is 37.9 Å². The Labute approximate surface area is 227 Å². The van der Waals surface area contributed by atoms with E-state index >= 15 is 0 Å². The molecule has 0 N–H and O–H groups in total. The lowest BCUT2D eigenvalue weighted by atomic mass is 9.82. The molecule has 3 saturated heterocycles. The third kappa shape index (κ3) is 5.38. The zero-order chi connectivity index (χ0) is 26.8. The number of carbonyl (C=O) groups excluding carboxylic acids is 1. The second-order valence-electron chi connectivity index (χ2n) is 9.77. The van der Waals surface area contributed by atoms with Crippen LogP contribution in [0.1, 0.15) is 47.7 Å². The highest BCUT2D eigenvalue weighted by molar-refractivity contribution is 6.14. The molecule has 0 atom stereocenters. The van der Waals surface area contributed by atoms with Crippen LogP contribution in [0.2, 0.25) is 0 Å². The molecule has 1 spiro atoms. The van der Waals surface area contributed by atoms with E-state index in [1.807, 2.05) is 48.6 Å². The van der Waals surface area contributed by atoms with Gasteiger partial charge in [-0.05, 0) is 59.7 Å². The normalized spacial score (nSPS) is 23.9. The smallest absolute Gasteiger partial charge is 0.185 e. The lowest BCUT2D eigenvalue weighted by molar-refractivity contribution is -0.161. The Balaban J connectivity index is 1.43. The Hall–Kier alpha value is -3.05. The molecule has 3 heterocycles. The molecule has 1 saturated carbocycles. The average molecular weight is 537 g/mol. The third-order valence-electron chi connectivity index (χ3n) is 7.32.